The van der Waals surface area contributed by atoms with Crippen LogP contribution >= 0.6 is 0 Å². The minimum atomic E-state index is 0.328. The molecule has 1 unspecified atom stereocenters. The highest BCUT2D eigenvalue weighted by Gasteiger charge is 2.00. The van der Waals surface area contributed by atoms with E-state index in [0.717, 1.165) is 5.82 Å². The van der Waals surface area contributed by atoms with Gasteiger partial charge in [-0.15, -0.1) is 0 Å². The molecule has 0 aliphatic heterocycles. The summed E-state index contributed by atoms with van der Waals surface area (Å²) < 4.78 is 4.99. The van der Waals surface area contributed by atoms with Crippen LogP contribution in [0.3, 0.4) is 0 Å². The molecule has 1 N–H and O–H groups in total. The summed E-state index contributed by atoms with van der Waals surface area (Å²) in [5, 5.41) is 3.25. The maximum absolute atomic E-state index is 4.99. The second-order valence-corrected chi connectivity index (χ2v) is 2.90. The Bertz CT molecular complexity index is 228. The number of hydrogen-bond donors (Lipinski definition) is 1. The minimum Gasteiger partial charge on any atom is -0.383 e. The molecule has 0 aliphatic carbocycles. The van der Waals surface area contributed by atoms with E-state index < -0.39 is 0 Å². The van der Waals surface area contributed by atoms with Crippen LogP contribution in [0.25, 0.3) is 0 Å². The number of methoxy groups -OCH3 is 1. The zero-order valence-electron chi connectivity index (χ0n) is 8.03. The average Bonchev–Trinajstić information content (AvgIpc) is 2.17. The molecule has 0 aliphatic rings. The van der Waals surface area contributed by atoms with Crippen molar-refractivity contribution in [2.24, 2.45) is 0 Å². The molecule has 13 heavy (non-hydrogen) atoms. The van der Waals surface area contributed by atoms with Gasteiger partial charge in [0.05, 0.1) is 13.2 Å². The topological polar surface area (TPSA) is 47.0 Å². The molecular formula is C9H15N3O. The lowest BCUT2D eigenvalue weighted by molar-refractivity contribution is 0.171. The third-order valence-electron chi connectivity index (χ3n) is 1.64. The first-order valence-electron chi connectivity index (χ1n) is 4.31. The molecule has 0 amide bonds. The van der Waals surface area contributed by atoms with Gasteiger partial charge in [-0.2, -0.15) is 0 Å². The van der Waals surface area contributed by atoms with Gasteiger partial charge in [-0.25, -0.2) is 9.97 Å². The maximum atomic E-state index is 4.99. The van der Waals surface area contributed by atoms with Crippen LogP contribution in [0.2, 0.25) is 0 Å². The standard InChI is InChI=1S/C9H15N3O/c1-8(7-13-2)12-6-9-10-4-3-5-11-9/h3-5,8,12H,6-7H2,1-2H3. The number of nitrogens with one attached hydrogen (secondary N) is 1. The Balaban J connectivity index is 2.27. The summed E-state index contributed by atoms with van der Waals surface area (Å²) in [6.07, 6.45) is 3.48. The number of ether oxygens (including phenoxy) is 1. The Morgan fingerprint density at radius 3 is 2.77 bits per heavy atom. The predicted molar refractivity (Wildman–Crippen MR) is 50.2 cm³/mol. The number of rotatable bonds is 5. The minimum absolute atomic E-state index is 0.328. The van der Waals surface area contributed by atoms with Crippen molar-refractivity contribution >= 4 is 0 Å². The number of aromatic nitrogens is 2. The summed E-state index contributed by atoms with van der Waals surface area (Å²) in [7, 11) is 1.69. The lowest BCUT2D eigenvalue weighted by atomic mass is 10.3. The number of nitrogens with zero attached hydrogens (tertiary/aromatic N) is 2. The Morgan fingerprint density at radius 2 is 2.15 bits per heavy atom. The molecule has 1 aromatic rings. The lowest BCUT2D eigenvalue weighted by Gasteiger charge is -2.11. The fraction of sp³-hybridized carbons (Fsp3) is 0.556. The molecule has 0 fully saturated rings. The molecule has 1 rings (SSSR count). The molecule has 0 bridgehead atoms. The van der Waals surface area contributed by atoms with E-state index in [4.69, 9.17) is 4.74 Å². The van der Waals surface area contributed by atoms with Crippen LogP contribution < -0.4 is 5.32 Å². The van der Waals surface area contributed by atoms with E-state index in [9.17, 15) is 0 Å². The van der Waals surface area contributed by atoms with Crippen molar-refractivity contribution in [1.82, 2.24) is 15.3 Å². The maximum Gasteiger partial charge on any atom is 0.141 e. The van der Waals surface area contributed by atoms with Gasteiger partial charge in [0.2, 0.25) is 0 Å². The van der Waals surface area contributed by atoms with Crippen LogP contribution in [0.1, 0.15) is 12.7 Å². The van der Waals surface area contributed by atoms with Crippen LogP contribution in [0.15, 0.2) is 18.5 Å². The molecule has 0 saturated carbocycles. The van der Waals surface area contributed by atoms with Gasteiger partial charge in [-0.05, 0) is 13.0 Å². The van der Waals surface area contributed by atoms with Crippen molar-refractivity contribution in [1.29, 1.82) is 0 Å². The van der Waals surface area contributed by atoms with E-state index in [2.05, 4.69) is 22.2 Å². The second kappa shape index (κ2) is 5.61. The van der Waals surface area contributed by atoms with Gasteiger partial charge in [-0.1, -0.05) is 0 Å². The van der Waals surface area contributed by atoms with Gasteiger partial charge in [0.15, 0.2) is 0 Å². The summed E-state index contributed by atoms with van der Waals surface area (Å²) in [5.41, 5.74) is 0. The highest BCUT2D eigenvalue weighted by molar-refractivity contribution is 4.88. The first-order chi connectivity index (χ1) is 6.33. The van der Waals surface area contributed by atoms with Gasteiger partial charge < -0.3 is 10.1 Å². The Labute approximate surface area is 78.4 Å². The SMILES string of the molecule is COCC(C)NCc1ncccn1. The van der Waals surface area contributed by atoms with Crippen molar-refractivity contribution in [3.05, 3.63) is 24.3 Å². The summed E-state index contributed by atoms with van der Waals surface area (Å²) in [6, 6.07) is 2.14. The summed E-state index contributed by atoms with van der Waals surface area (Å²) in [5.74, 6) is 0.811. The zero-order valence-corrected chi connectivity index (χ0v) is 8.03. The number of hydrogen-bond acceptors (Lipinski definition) is 4. The lowest BCUT2D eigenvalue weighted by Crippen LogP contribution is -2.30. The van der Waals surface area contributed by atoms with Crippen molar-refractivity contribution in [3.63, 3.8) is 0 Å². The first kappa shape index (κ1) is 10.1. The molecule has 0 radical (unpaired) electrons. The van der Waals surface area contributed by atoms with Crippen LogP contribution in [0.5, 0.6) is 0 Å². The van der Waals surface area contributed by atoms with Gasteiger partial charge >= 0.3 is 0 Å². The summed E-state index contributed by atoms with van der Waals surface area (Å²) in [4.78, 5) is 8.19. The van der Waals surface area contributed by atoms with Gasteiger partial charge in [0, 0.05) is 25.5 Å². The molecule has 0 saturated heterocycles. The predicted octanol–water partition coefficient (Wildman–Crippen LogP) is 0.601. The quantitative estimate of drug-likeness (QED) is 0.722. The third-order valence-corrected chi connectivity index (χ3v) is 1.64. The molecule has 0 aromatic carbocycles. The largest absolute Gasteiger partial charge is 0.383 e. The van der Waals surface area contributed by atoms with Gasteiger partial charge in [-0.3, -0.25) is 0 Å². The second-order valence-electron chi connectivity index (χ2n) is 2.90. The van der Waals surface area contributed by atoms with Crippen LogP contribution in [-0.4, -0.2) is 29.7 Å². The molecule has 1 heterocycles. The van der Waals surface area contributed by atoms with Crippen LogP contribution in [0.4, 0.5) is 0 Å². The normalized spacial score (nSPS) is 12.8. The van der Waals surface area contributed by atoms with Crippen molar-refractivity contribution in [2.75, 3.05) is 13.7 Å². The molecule has 4 nitrogen and oxygen atoms in total. The van der Waals surface area contributed by atoms with Crippen molar-refractivity contribution in [3.8, 4) is 0 Å². The highest BCUT2D eigenvalue weighted by Crippen LogP contribution is 1.89. The van der Waals surface area contributed by atoms with Crippen LogP contribution in [0, 0.1) is 0 Å². The molecule has 0 spiro atoms. The molecule has 1 aromatic heterocycles. The highest BCUT2D eigenvalue weighted by atomic mass is 16.5. The van der Waals surface area contributed by atoms with E-state index >= 15 is 0 Å². The molecule has 1 atom stereocenters. The van der Waals surface area contributed by atoms with Crippen molar-refractivity contribution < 1.29 is 4.74 Å². The molecule has 4 heteroatoms. The molecule has 72 valence electrons. The van der Waals surface area contributed by atoms with E-state index in [1.165, 1.54) is 0 Å². The Kier molecular flexibility index (Phi) is 4.35. The fourth-order valence-electron chi connectivity index (χ4n) is 0.996. The first-order valence-corrected chi connectivity index (χ1v) is 4.31. The Morgan fingerprint density at radius 1 is 1.46 bits per heavy atom. The Hall–Kier alpha value is -1.00. The zero-order chi connectivity index (χ0) is 9.52. The fourth-order valence-corrected chi connectivity index (χ4v) is 0.996. The third kappa shape index (κ3) is 3.96. The van der Waals surface area contributed by atoms with E-state index in [-0.39, 0.29) is 0 Å². The average molecular weight is 181 g/mol. The van der Waals surface area contributed by atoms with E-state index in [1.54, 1.807) is 19.5 Å². The summed E-state index contributed by atoms with van der Waals surface area (Å²) >= 11 is 0. The van der Waals surface area contributed by atoms with Crippen molar-refractivity contribution in [2.45, 2.75) is 19.5 Å². The van der Waals surface area contributed by atoms with Gasteiger partial charge in [0.25, 0.3) is 0 Å². The monoisotopic (exact) mass is 181 g/mol. The molecular weight excluding hydrogens is 166 g/mol. The van der Waals surface area contributed by atoms with Gasteiger partial charge in [0.1, 0.15) is 5.82 Å². The van der Waals surface area contributed by atoms with E-state index in [1.807, 2.05) is 6.07 Å². The summed E-state index contributed by atoms with van der Waals surface area (Å²) in [6.45, 7) is 3.45. The van der Waals surface area contributed by atoms with E-state index in [0.29, 0.717) is 19.2 Å². The van der Waals surface area contributed by atoms with Crippen LogP contribution in [-0.2, 0) is 11.3 Å². The smallest absolute Gasteiger partial charge is 0.141 e.